The summed E-state index contributed by atoms with van der Waals surface area (Å²) < 4.78 is 16.4. The number of benzene rings is 1. The maximum absolute atomic E-state index is 12.5. The van der Waals surface area contributed by atoms with Crippen LogP contribution in [0.15, 0.2) is 39.4 Å². The third-order valence-corrected chi connectivity index (χ3v) is 3.79. The Kier molecular flexibility index (Phi) is 4.90. The number of nitrogens with zero attached hydrogens (tertiary/aromatic N) is 1. The molecule has 112 valence electrons. The number of carbonyl (C=O) groups excluding carboxylic acids is 1. The summed E-state index contributed by atoms with van der Waals surface area (Å²) in [6, 6.07) is 6.97. The Hall–Kier alpha value is -1.95. The summed E-state index contributed by atoms with van der Waals surface area (Å²) in [6.45, 7) is 0.395. The molecule has 21 heavy (non-hydrogen) atoms. The molecule has 2 rings (SSSR count). The van der Waals surface area contributed by atoms with Crippen molar-refractivity contribution in [3.8, 4) is 11.5 Å². The van der Waals surface area contributed by atoms with E-state index >= 15 is 0 Å². The summed E-state index contributed by atoms with van der Waals surface area (Å²) >= 11 is 3.38. The lowest BCUT2D eigenvalue weighted by molar-refractivity contribution is 0.0774. The third-order valence-electron chi connectivity index (χ3n) is 3.01. The summed E-state index contributed by atoms with van der Waals surface area (Å²) in [7, 11) is 4.80. The maximum atomic E-state index is 12.5. The zero-order valence-corrected chi connectivity index (χ0v) is 13.6. The molecule has 1 heterocycles. The van der Waals surface area contributed by atoms with Crippen molar-refractivity contribution in [3.63, 3.8) is 0 Å². The second-order valence-electron chi connectivity index (χ2n) is 4.44. The zero-order valence-electron chi connectivity index (χ0n) is 12.1. The summed E-state index contributed by atoms with van der Waals surface area (Å²) in [5.74, 6) is 1.67. The molecule has 0 atom stereocenters. The van der Waals surface area contributed by atoms with E-state index in [9.17, 15) is 4.79 Å². The summed E-state index contributed by atoms with van der Waals surface area (Å²) in [6.07, 6.45) is 1.58. The highest BCUT2D eigenvalue weighted by molar-refractivity contribution is 9.10. The van der Waals surface area contributed by atoms with Crippen LogP contribution in [0.4, 0.5) is 0 Å². The molecule has 0 unspecified atom stereocenters. The lowest BCUT2D eigenvalue weighted by atomic mass is 10.1. The van der Waals surface area contributed by atoms with Gasteiger partial charge in [-0.05, 0) is 40.2 Å². The second-order valence-corrected chi connectivity index (χ2v) is 5.23. The topological polar surface area (TPSA) is 51.9 Å². The van der Waals surface area contributed by atoms with Crippen molar-refractivity contribution in [2.24, 2.45) is 0 Å². The first-order valence-electron chi connectivity index (χ1n) is 6.26. The minimum Gasteiger partial charge on any atom is -0.495 e. The van der Waals surface area contributed by atoms with Gasteiger partial charge in [-0.15, -0.1) is 0 Å². The number of hydrogen-bond donors (Lipinski definition) is 0. The van der Waals surface area contributed by atoms with Crippen molar-refractivity contribution in [2.75, 3.05) is 21.3 Å². The first-order valence-corrected chi connectivity index (χ1v) is 7.05. The highest BCUT2D eigenvalue weighted by Gasteiger charge is 2.18. The van der Waals surface area contributed by atoms with Gasteiger partial charge in [0.05, 0.1) is 27.0 Å². The van der Waals surface area contributed by atoms with E-state index in [4.69, 9.17) is 13.9 Å². The van der Waals surface area contributed by atoms with E-state index in [0.29, 0.717) is 28.1 Å². The summed E-state index contributed by atoms with van der Waals surface area (Å²) in [4.78, 5) is 14.0. The Morgan fingerprint density at radius 2 is 1.90 bits per heavy atom. The molecule has 0 radical (unpaired) electrons. The zero-order chi connectivity index (χ0) is 15.4. The van der Waals surface area contributed by atoms with Gasteiger partial charge in [0.1, 0.15) is 21.7 Å². The van der Waals surface area contributed by atoms with Gasteiger partial charge >= 0.3 is 0 Å². The molecule has 5 nitrogen and oxygen atoms in total. The van der Waals surface area contributed by atoms with Gasteiger partial charge in [-0.2, -0.15) is 0 Å². The van der Waals surface area contributed by atoms with Crippen molar-refractivity contribution in [2.45, 2.75) is 6.54 Å². The van der Waals surface area contributed by atoms with E-state index in [0.717, 1.165) is 5.76 Å². The SMILES string of the molecule is COc1cc(C(=O)N(C)Cc2ccco2)cc(OC)c1Br. The lowest BCUT2D eigenvalue weighted by Gasteiger charge is -2.17. The average Bonchev–Trinajstić information content (AvgIpc) is 2.99. The Bertz CT molecular complexity index is 600. The lowest BCUT2D eigenvalue weighted by Crippen LogP contribution is -2.26. The number of amides is 1. The molecule has 0 aliphatic carbocycles. The number of rotatable bonds is 5. The molecular formula is C15H16BrNO4. The molecule has 1 aromatic carbocycles. The molecule has 0 aliphatic rings. The van der Waals surface area contributed by atoms with Crippen LogP contribution in [-0.2, 0) is 6.54 Å². The Balaban J connectivity index is 2.26. The molecule has 0 aliphatic heterocycles. The molecule has 1 aromatic heterocycles. The van der Waals surface area contributed by atoms with Crippen molar-refractivity contribution < 1.29 is 18.7 Å². The monoisotopic (exact) mass is 353 g/mol. The number of carbonyl (C=O) groups is 1. The molecule has 0 fully saturated rings. The van der Waals surface area contributed by atoms with Gasteiger partial charge in [-0.3, -0.25) is 4.79 Å². The van der Waals surface area contributed by atoms with Crippen molar-refractivity contribution in [3.05, 3.63) is 46.3 Å². The molecule has 0 saturated heterocycles. The van der Waals surface area contributed by atoms with Crippen LogP contribution < -0.4 is 9.47 Å². The average molecular weight is 354 g/mol. The molecule has 0 bridgehead atoms. The van der Waals surface area contributed by atoms with E-state index in [-0.39, 0.29) is 5.91 Å². The summed E-state index contributed by atoms with van der Waals surface area (Å²) in [5, 5.41) is 0. The molecule has 1 amide bonds. The van der Waals surface area contributed by atoms with Crippen LogP contribution in [0.3, 0.4) is 0 Å². The number of methoxy groups -OCH3 is 2. The number of halogens is 1. The van der Waals surface area contributed by atoms with E-state index in [2.05, 4.69) is 15.9 Å². The van der Waals surface area contributed by atoms with Crippen molar-refractivity contribution in [1.29, 1.82) is 0 Å². The molecular weight excluding hydrogens is 338 g/mol. The number of hydrogen-bond acceptors (Lipinski definition) is 4. The fourth-order valence-electron chi connectivity index (χ4n) is 1.92. The fourth-order valence-corrected chi connectivity index (χ4v) is 2.47. The highest BCUT2D eigenvalue weighted by atomic mass is 79.9. The minimum absolute atomic E-state index is 0.143. The molecule has 0 spiro atoms. The van der Waals surface area contributed by atoms with Gasteiger partial charge in [0.2, 0.25) is 0 Å². The van der Waals surface area contributed by atoms with Gasteiger partial charge < -0.3 is 18.8 Å². The fraction of sp³-hybridized carbons (Fsp3) is 0.267. The van der Waals surface area contributed by atoms with E-state index < -0.39 is 0 Å². The van der Waals surface area contributed by atoms with Gasteiger partial charge in [-0.25, -0.2) is 0 Å². The van der Waals surface area contributed by atoms with Crippen LogP contribution in [0, 0.1) is 0 Å². The largest absolute Gasteiger partial charge is 0.495 e. The minimum atomic E-state index is -0.143. The summed E-state index contributed by atoms with van der Waals surface area (Å²) in [5.41, 5.74) is 0.487. The van der Waals surface area contributed by atoms with Crippen LogP contribution in [0.1, 0.15) is 16.1 Å². The maximum Gasteiger partial charge on any atom is 0.254 e. The smallest absolute Gasteiger partial charge is 0.254 e. The van der Waals surface area contributed by atoms with E-state index in [1.165, 1.54) is 0 Å². The molecule has 6 heteroatoms. The Morgan fingerprint density at radius 1 is 1.29 bits per heavy atom. The predicted molar refractivity (Wildman–Crippen MR) is 81.8 cm³/mol. The van der Waals surface area contributed by atoms with Gasteiger partial charge in [-0.1, -0.05) is 0 Å². The standard InChI is InChI=1S/C15H16BrNO4/c1-17(9-11-5-4-6-21-11)15(18)10-7-12(19-2)14(16)13(8-10)20-3/h4-8H,9H2,1-3H3. The predicted octanol–water partition coefficient (Wildman–Crippen LogP) is 3.33. The molecule has 2 aromatic rings. The van der Waals surface area contributed by atoms with E-state index in [1.807, 2.05) is 6.07 Å². The first kappa shape index (κ1) is 15.4. The quantitative estimate of drug-likeness (QED) is 0.827. The third kappa shape index (κ3) is 3.39. The van der Waals surface area contributed by atoms with Crippen LogP contribution in [-0.4, -0.2) is 32.1 Å². The normalized spacial score (nSPS) is 10.3. The van der Waals surface area contributed by atoms with Gasteiger partial charge in [0.25, 0.3) is 5.91 Å². The van der Waals surface area contributed by atoms with Gasteiger partial charge in [0, 0.05) is 12.6 Å². The van der Waals surface area contributed by atoms with Crippen molar-refractivity contribution in [1.82, 2.24) is 4.90 Å². The van der Waals surface area contributed by atoms with Gasteiger partial charge in [0.15, 0.2) is 0 Å². The first-order chi connectivity index (χ1) is 10.1. The van der Waals surface area contributed by atoms with Crippen LogP contribution in [0.5, 0.6) is 11.5 Å². The number of furan rings is 1. The molecule has 0 N–H and O–H groups in total. The number of ether oxygens (including phenoxy) is 2. The van der Waals surface area contributed by atoms with Crippen LogP contribution >= 0.6 is 15.9 Å². The molecule has 0 saturated carbocycles. The van der Waals surface area contributed by atoms with E-state index in [1.54, 1.807) is 50.6 Å². The van der Waals surface area contributed by atoms with Crippen LogP contribution in [0.2, 0.25) is 0 Å². The van der Waals surface area contributed by atoms with Crippen LogP contribution in [0.25, 0.3) is 0 Å². The second kappa shape index (κ2) is 6.67. The Morgan fingerprint density at radius 3 is 2.38 bits per heavy atom. The Labute approximate surface area is 131 Å². The van der Waals surface area contributed by atoms with Crippen molar-refractivity contribution >= 4 is 21.8 Å². The highest BCUT2D eigenvalue weighted by Crippen LogP contribution is 2.35.